The fourth-order valence-corrected chi connectivity index (χ4v) is 12.5. The molecule has 52 heavy (non-hydrogen) atoms. The lowest BCUT2D eigenvalue weighted by atomic mass is 9.32. The third kappa shape index (κ3) is 3.82. The Hall–Kier alpha value is -3.57. The fourth-order valence-electron chi connectivity index (χ4n) is 12.5. The molecule has 15 atom stereocenters. The quantitative estimate of drug-likeness (QED) is 0.254. The van der Waals surface area contributed by atoms with Crippen molar-refractivity contribution in [3.8, 4) is 0 Å². The minimum atomic E-state index is -2.67. The lowest BCUT2D eigenvalue weighted by Crippen LogP contribution is -2.96. The summed E-state index contributed by atoms with van der Waals surface area (Å²) in [6.45, 7) is 10.8. The summed E-state index contributed by atoms with van der Waals surface area (Å²) in [6, 6.07) is 1.54. The maximum absolute atomic E-state index is 14.1. The minimum absolute atomic E-state index is 0.0659. The van der Waals surface area contributed by atoms with Crippen molar-refractivity contribution in [3.63, 3.8) is 0 Å². The van der Waals surface area contributed by atoms with E-state index in [0.717, 1.165) is 20.8 Å². The molecule has 3 heterocycles. The molecule has 4 aliphatic carbocycles. The Balaban J connectivity index is 1.63. The van der Waals surface area contributed by atoms with Gasteiger partial charge in [0, 0.05) is 68.3 Å². The highest BCUT2D eigenvalue weighted by atomic mass is 16.8. The van der Waals surface area contributed by atoms with Crippen molar-refractivity contribution in [2.75, 3.05) is 7.11 Å². The van der Waals surface area contributed by atoms with Crippen LogP contribution in [-0.4, -0.2) is 105 Å². The largest absolute Gasteiger partial charge is 0.472 e. The number of methoxy groups -OCH3 is 1. The van der Waals surface area contributed by atoms with E-state index in [9.17, 15) is 39.3 Å². The van der Waals surface area contributed by atoms with Gasteiger partial charge in [0.05, 0.1) is 19.6 Å². The normalized spacial score (nSPS) is 49.5. The van der Waals surface area contributed by atoms with E-state index < -0.39 is 123 Å². The predicted octanol–water partition coefficient (Wildman–Crippen LogP) is 1.41. The van der Waals surface area contributed by atoms with E-state index in [1.54, 1.807) is 20.8 Å². The van der Waals surface area contributed by atoms with Gasteiger partial charge < -0.3 is 52.9 Å². The molecule has 16 heteroatoms. The van der Waals surface area contributed by atoms with Gasteiger partial charge in [0.25, 0.3) is 0 Å². The Labute approximate surface area is 299 Å². The first kappa shape index (κ1) is 36.8. The molecule has 2 saturated heterocycles. The first-order valence-electron chi connectivity index (χ1n) is 17.3. The predicted molar refractivity (Wildman–Crippen MR) is 169 cm³/mol. The maximum Gasteiger partial charge on any atom is 0.305 e. The summed E-state index contributed by atoms with van der Waals surface area (Å²) >= 11 is 0. The summed E-state index contributed by atoms with van der Waals surface area (Å²) in [4.78, 5) is 65.6. The summed E-state index contributed by atoms with van der Waals surface area (Å²) in [6.07, 6.45) is -6.48. The molecule has 1 aromatic heterocycles. The zero-order valence-corrected chi connectivity index (χ0v) is 30.5. The monoisotopic (exact) mass is 734 g/mol. The molecule has 7 rings (SSSR count). The number of ether oxygens (including phenoxy) is 7. The van der Waals surface area contributed by atoms with Crippen molar-refractivity contribution in [2.24, 2.45) is 28.1 Å². The Morgan fingerprint density at radius 2 is 1.62 bits per heavy atom. The second-order valence-electron chi connectivity index (χ2n) is 16.4. The van der Waals surface area contributed by atoms with Crippen molar-refractivity contribution in [3.05, 3.63) is 24.2 Å². The third-order valence-electron chi connectivity index (χ3n) is 13.9. The van der Waals surface area contributed by atoms with Crippen LogP contribution >= 0.6 is 0 Å². The summed E-state index contributed by atoms with van der Waals surface area (Å²) < 4.78 is 48.4. The Morgan fingerprint density at radius 1 is 0.962 bits per heavy atom. The molecule has 4 bridgehead atoms. The smallest absolute Gasteiger partial charge is 0.305 e. The van der Waals surface area contributed by atoms with Crippen molar-refractivity contribution in [2.45, 2.75) is 133 Å². The van der Waals surface area contributed by atoms with E-state index >= 15 is 0 Å². The summed E-state index contributed by atoms with van der Waals surface area (Å²) in [5, 5.41) is 40.4. The molecule has 16 nitrogen and oxygen atoms in total. The van der Waals surface area contributed by atoms with Crippen LogP contribution in [0.5, 0.6) is 0 Å². The molecule has 6 aliphatic rings. The van der Waals surface area contributed by atoms with Gasteiger partial charge in [-0.05, 0) is 25.3 Å². The number of carbonyl (C=O) groups excluding carboxylic acids is 5. The van der Waals surface area contributed by atoms with Gasteiger partial charge in [-0.3, -0.25) is 24.0 Å². The molecule has 0 radical (unpaired) electrons. The lowest BCUT2D eigenvalue weighted by molar-refractivity contribution is -0.440. The van der Waals surface area contributed by atoms with Crippen LogP contribution < -0.4 is 0 Å². The summed E-state index contributed by atoms with van der Waals surface area (Å²) in [5.41, 5.74) is -14.5. The second-order valence-corrected chi connectivity index (χ2v) is 16.4. The van der Waals surface area contributed by atoms with E-state index in [0.29, 0.717) is 5.56 Å². The zero-order chi connectivity index (χ0) is 38.4. The number of esters is 5. The lowest BCUT2D eigenvalue weighted by Gasteiger charge is -2.77. The van der Waals surface area contributed by atoms with Crippen LogP contribution in [0.2, 0.25) is 0 Å². The average Bonchev–Trinajstić information content (AvgIpc) is 3.82. The SMILES string of the molecule is COC(=O)C[C@H]1[C@]2(C)C[C@]3(O)[C@@](OC(C)=O)([C@H]4O[C@]5(C)C[C@@H]6[C@](C)([C@@H](OC(C)=O)c7ccoc7)[C@@H](O)[C@@H](OC(C)=O)[C@@](O)([C@@]64O5)[C@]13C)[C@H]2OC(C)=O. The average molecular weight is 735 g/mol. The number of fused-ring (bicyclic) bond motifs is 4. The van der Waals surface area contributed by atoms with E-state index in [4.69, 9.17) is 37.6 Å². The molecule has 3 N–H and O–H groups in total. The highest BCUT2D eigenvalue weighted by Gasteiger charge is 3.03. The number of hydrogen-bond donors (Lipinski definition) is 3. The van der Waals surface area contributed by atoms with Gasteiger partial charge in [-0.1, -0.05) is 20.8 Å². The van der Waals surface area contributed by atoms with E-state index in [1.165, 1.54) is 39.5 Å². The highest BCUT2D eigenvalue weighted by molar-refractivity contribution is 5.73. The van der Waals surface area contributed by atoms with Crippen LogP contribution in [0.3, 0.4) is 0 Å². The van der Waals surface area contributed by atoms with Gasteiger partial charge in [0.2, 0.25) is 5.60 Å². The number of rotatable bonds is 8. The van der Waals surface area contributed by atoms with Gasteiger partial charge >= 0.3 is 29.8 Å². The van der Waals surface area contributed by atoms with Crippen molar-refractivity contribution >= 4 is 29.8 Å². The topological polar surface area (TPSA) is 224 Å². The van der Waals surface area contributed by atoms with Crippen LogP contribution in [0.25, 0.3) is 0 Å². The van der Waals surface area contributed by atoms with Crippen LogP contribution in [-0.2, 0) is 57.1 Å². The fraction of sp³-hybridized carbons (Fsp3) is 0.750. The van der Waals surface area contributed by atoms with E-state index in [1.807, 2.05) is 0 Å². The molecule has 1 spiro atoms. The van der Waals surface area contributed by atoms with Gasteiger partial charge in [0.1, 0.15) is 35.1 Å². The van der Waals surface area contributed by atoms with Crippen LogP contribution in [0.15, 0.2) is 23.0 Å². The molecule has 2 aliphatic heterocycles. The van der Waals surface area contributed by atoms with E-state index in [2.05, 4.69) is 0 Å². The van der Waals surface area contributed by atoms with Crippen LogP contribution in [0, 0.1) is 28.1 Å². The Morgan fingerprint density at radius 3 is 2.15 bits per heavy atom. The molecule has 0 unspecified atom stereocenters. The molecule has 4 saturated carbocycles. The molecular formula is C36H46O16. The van der Waals surface area contributed by atoms with Crippen molar-refractivity contribution < 1.29 is 76.9 Å². The Bertz CT molecular complexity index is 1740. The first-order valence-corrected chi connectivity index (χ1v) is 17.3. The van der Waals surface area contributed by atoms with Crippen LogP contribution in [0.1, 0.15) is 86.3 Å². The molecule has 6 fully saturated rings. The molecule has 0 aromatic carbocycles. The van der Waals surface area contributed by atoms with Crippen LogP contribution in [0.4, 0.5) is 0 Å². The molecule has 286 valence electrons. The Kier molecular flexibility index (Phi) is 7.62. The van der Waals surface area contributed by atoms with Gasteiger partial charge in [-0.25, -0.2) is 0 Å². The maximum atomic E-state index is 14.1. The zero-order valence-electron chi connectivity index (χ0n) is 30.5. The van der Waals surface area contributed by atoms with Gasteiger partial charge in [-0.2, -0.15) is 0 Å². The third-order valence-corrected chi connectivity index (χ3v) is 13.9. The first-order chi connectivity index (χ1) is 24.0. The second kappa shape index (κ2) is 10.8. The summed E-state index contributed by atoms with van der Waals surface area (Å²) in [5.74, 6) is -8.03. The number of carbonyl (C=O) groups is 5. The minimum Gasteiger partial charge on any atom is -0.472 e. The standard InChI is InChI=1S/C36H46O16/c1-16(37)47-25(20-10-11-46-14-20)31(7)22-13-30(6)51-28-34(22,52-30)36(44,26(24(31)42)48-17(2)38)32(8)21(12-23(41)45-9)29(5)15-33(32,43)35(28,50-19(4)40)27(29)49-18(3)39/h10-11,14,21-22,24-28,42-44H,12-13,15H2,1-9H3/t21-,22+,24-,25-,26+,27-,28-,29-,30-,31-,32+,33+,34+,35-,36-/m0/s1. The number of furan rings is 1. The molecular weight excluding hydrogens is 688 g/mol. The number of aliphatic hydroxyl groups excluding tert-OH is 1. The highest BCUT2D eigenvalue weighted by Crippen LogP contribution is 2.87. The van der Waals surface area contributed by atoms with E-state index in [-0.39, 0.29) is 12.8 Å². The molecule has 1 aromatic rings. The number of aliphatic hydroxyl groups is 3. The van der Waals surface area contributed by atoms with Gasteiger partial charge in [0.15, 0.2) is 18.0 Å². The van der Waals surface area contributed by atoms with Crippen molar-refractivity contribution in [1.29, 1.82) is 0 Å². The van der Waals surface area contributed by atoms with Crippen molar-refractivity contribution in [1.82, 2.24) is 0 Å². The van der Waals surface area contributed by atoms with Gasteiger partial charge in [-0.15, -0.1) is 0 Å². The summed E-state index contributed by atoms with van der Waals surface area (Å²) in [7, 11) is 1.17. The number of hydrogen-bond acceptors (Lipinski definition) is 16. The molecule has 0 amide bonds.